The smallest absolute Gasteiger partial charge is 0.335 e. The number of carboxylic acids is 1. The molecule has 1 aliphatic carbocycles. The van der Waals surface area contributed by atoms with Crippen molar-refractivity contribution in [2.75, 3.05) is 5.75 Å². The molecule has 0 spiro atoms. The van der Waals surface area contributed by atoms with Crippen molar-refractivity contribution in [2.45, 2.75) is 43.9 Å². The molecule has 0 saturated heterocycles. The average Bonchev–Trinajstić information content (AvgIpc) is 2.26. The Kier molecular flexibility index (Phi) is 3.67. The highest BCUT2D eigenvalue weighted by Gasteiger charge is 2.29. The molecule has 0 radical (unpaired) electrons. The SMILES string of the molecule is CCS(=O)(=O)c1c(C2CCC2)ccc(C(=O)O)c1C. The third kappa shape index (κ3) is 2.39. The van der Waals surface area contributed by atoms with Gasteiger partial charge in [0, 0.05) is 0 Å². The maximum Gasteiger partial charge on any atom is 0.335 e. The topological polar surface area (TPSA) is 71.4 Å². The standard InChI is InChI=1S/C14H18O4S/c1-3-19(17,18)13-9(2)11(14(15)16)7-8-12(13)10-5-4-6-10/h7-8,10H,3-6H2,1-2H3,(H,15,16). The third-order valence-corrected chi connectivity index (χ3v) is 5.83. The van der Waals surface area contributed by atoms with Gasteiger partial charge in [-0.05, 0) is 42.9 Å². The number of sulfone groups is 1. The lowest BCUT2D eigenvalue weighted by atomic mass is 9.79. The molecule has 0 aromatic heterocycles. The number of rotatable bonds is 4. The van der Waals surface area contributed by atoms with Gasteiger partial charge in [-0.25, -0.2) is 13.2 Å². The Morgan fingerprint density at radius 3 is 2.42 bits per heavy atom. The highest BCUT2D eigenvalue weighted by molar-refractivity contribution is 7.91. The van der Waals surface area contributed by atoms with Crippen molar-refractivity contribution in [2.24, 2.45) is 0 Å². The molecular formula is C14H18O4S. The lowest BCUT2D eigenvalue weighted by Gasteiger charge is -2.28. The van der Waals surface area contributed by atoms with Gasteiger partial charge in [-0.3, -0.25) is 0 Å². The van der Waals surface area contributed by atoms with E-state index < -0.39 is 15.8 Å². The summed E-state index contributed by atoms with van der Waals surface area (Å²) in [5.41, 5.74) is 1.25. The van der Waals surface area contributed by atoms with Crippen LogP contribution in [0, 0.1) is 6.92 Å². The van der Waals surface area contributed by atoms with E-state index in [1.165, 1.54) is 6.07 Å². The lowest BCUT2D eigenvalue weighted by molar-refractivity contribution is 0.0695. The van der Waals surface area contributed by atoms with E-state index in [1.807, 2.05) is 0 Å². The molecule has 4 nitrogen and oxygen atoms in total. The first-order valence-corrected chi connectivity index (χ1v) is 8.13. The van der Waals surface area contributed by atoms with Crippen LogP contribution < -0.4 is 0 Å². The first kappa shape index (κ1) is 14.1. The van der Waals surface area contributed by atoms with Crippen LogP contribution in [0.5, 0.6) is 0 Å². The van der Waals surface area contributed by atoms with Crippen LogP contribution in [-0.2, 0) is 9.84 Å². The van der Waals surface area contributed by atoms with Gasteiger partial charge in [-0.1, -0.05) is 19.4 Å². The summed E-state index contributed by atoms with van der Waals surface area (Å²) >= 11 is 0. The van der Waals surface area contributed by atoms with Crippen molar-refractivity contribution in [3.63, 3.8) is 0 Å². The minimum absolute atomic E-state index is 0.00334. The van der Waals surface area contributed by atoms with E-state index in [4.69, 9.17) is 5.11 Å². The fraction of sp³-hybridized carbons (Fsp3) is 0.500. The lowest BCUT2D eigenvalue weighted by Crippen LogP contribution is -2.18. The Morgan fingerprint density at radius 2 is 2.00 bits per heavy atom. The summed E-state index contributed by atoms with van der Waals surface area (Å²) in [4.78, 5) is 11.4. The van der Waals surface area contributed by atoms with Crippen molar-refractivity contribution < 1.29 is 18.3 Å². The maximum absolute atomic E-state index is 12.3. The summed E-state index contributed by atoms with van der Waals surface area (Å²) in [7, 11) is -3.40. The molecule has 0 amide bonds. The molecule has 0 atom stereocenters. The number of carboxylic acid groups (broad SMARTS) is 1. The van der Waals surface area contributed by atoms with Crippen molar-refractivity contribution in [3.05, 3.63) is 28.8 Å². The molecular weight excluding hydrogens is 264 g/mol. The van der Waals surface area contributed by atoms with Crippen LogP contribution in [0.1, 0.15) is 53.6 Å². The van der Waals surface area contributed by atoms with E-state index in [1.54, 1.807) is 19.9 Å². The van der Waals surface area contributed by atoms with E-state index in [0.29, 0.717) is 5.56 Å². The summed E-state index contributed by atoms with van der Waals surface area (Å²) in [6.07, 6.45) is 3.08. The molecule has 5 heteroatoms. The van der Waals surface area contributed by atoms with Gasteiger partial charge < -0.3 is 5.11 Å². The zero-order valence-corrected chi connectivity index (χ0v) is 12.0. The van der Waals surface area contributed by atoms with E-state index >= 15 is 0 Å². The summed E-state index contributed by atoms with van der Waals surface area (Å²) in [5.74, 6) is -0.820. The van der Waals surface area contributed by atoms with Crippen molar-refractivity contribution in [1.29, 1.82) is 0 Å². The van der Waals surface area contributed by atoms with Gasteiger partial charge >= 0.3 is 5.97 Å². The van der Waals surface area contributed by atoms with Gasteiger partial charge in [0.05, 0.1) is 16.2 Å². The molecule has 1 aliphatic rings. The molecule has 1 fully saturated rings. The summed E-state index contributed by atoms with van der Waals surface area (Å²) in [6, 6.07) is 3.21. The van der Waals surface area contributed by atoms with Crippen LogP contribution in [0.3, 0.4) is 0 Å². The molecule has 0 bridgehead atoms. The first-order chi connectivity index (χ1) is 8.88. The molecule has 1 saturated carbocycles. The van der Waals surface area contributed by atoms with Gasteiger partial charge in [0.25, 0.3) is 0 Å². The van der Waals surface area contributed by atoms with Crippen molar-refractivity contribution in [1.82, 2.24) is 0 Å². The minimum atomic E-state index is -3.40. The van der Waals surface area contributed by atoms with E-state index in [0.717, 1.165) is 24.8 Å². The second-order valence-electron chi connectivity index (χ2n) is 4.99. The van der Waals surface area contributed by atoms with Crippen LogP contribution in [-0.4, -0.2) is 25.2 Å². The zero-order chi connectivity index (χ0) is 14.2. The monoisotopic (exact) mass is 282 g/mol. The van der Waals surface area contributed by atoms with Crippen molar-refractivity contribution >= 4 is 15.8 Å². The Labute approximate surface area is 113 Å². The summed E-state index contributed by atoms with van der Waals surface area (Å²) < 4.78 is 24.5. The second kappa shape index (κ2) is 4.96. The average molecular weight is 282 g/mol. The number of hydrogen-bond donors (Lipinski definition) is 1. The van der Waals surface area contributed by atoms with Gasteiger partial charge in [0.2, 0.25) is 0 Å². The van der Waals surface area contributed by atoms with Crippen LogP contribution >= 0.6 is 0 Å². The minimum Gasteiger partial charge on any atom is -0.478 e. The molecule has 1 aromatic rings. The number of benzene rings is 1. The first-order valence-electron chi connectivity index (χ1n) is 6.48. The van der Waals surface area contributed by atoms with E-state index in [-0.39, 0.29) is 22.1 Å². The van der Waals surface area contributed by atoms with Crippen LogP contribution in [0.15, 0.2) is 17.0 Å². The predicted molar refractivity (Wildman–Crippen MR) is 72.5 cm³/mol. The van der Waals surface area contributed by atoms with Crippen LogP contribution in [0.25, 0.3) is 0 Å². The van der Waals surface area contributed by atoms with Gasteiger partial charge in [0.1, 0.15) is 0 Å². The zero-order valence-electron chi connectivity index (χ0n) is 11.1. The van der Waals surface area contributed by atoms with Crippen LogP contribution in [0.2, 0.25) is 0 Å². The fourth-order valence-corrected chi connectivity index (χ4v) is 4.00. The predicted octanol–water partition coefficient (Wildman–Crippen LogP) is 2.75. The van der Waals surface area contributed by atoms with E-state index in [2.05, 4.69) is 0 Å². The maximum atomic E-state index is 12.3. The summed E-state index contributed by atoms with van der Waals surface area (Å²) in [5, 5.41) is 9.13. The molecule has 1 N–H and O–H groups in total. The Morgan fingerprint density at radius 1 is 1.37 bits per heavy atom. The molecule has 0 unspecified atom stereocenters. The van der Waals surface area contributed by atoms with Crippen molar-refractivity contribution in [3.8, 4) is 0 Å². The van der Waals surface area contributed by atoms with Gasteiger partial charge in [0.15, 0.2) is 9.84 Å². The molecule has 1 aromatic carbocycles. The normalized spacial score (nSPS) is 16.1. The number of carbonyl (C=O) groups is 1. The quantitative estimate of drug-likeness (QED) is 0.921. The summed E-state index contributed by atoms with van der Waals surface area (Å²) in [6.45, 7) is 3.18. The molecule has 0 heterocycles. The number of aromatic carboxylic acids is 1. The van der Waals surface area contributed by atoms with E-state index in [9.17, 15) is 13.2 Å². The Hall–Kier alpha value is -1.36. The fourth-order valence-electron chi connectivity index (χ4n) is 2.54. The highest BCUT2D eigenvalue weighted by atomic mass is 32.2. The molecule has 2 rings (SSSR count). The number of hydrogen-bond acceptors (Lipinski definition) is 3. The van der Waals surface area contributed by atoms with Gasteiger partial charge in [-0.15, -0.1) is 0 Å². The molecule has 0 aliphatic heterocycles. The Balaban J connectivity index is 2.69. The second-order valence-corrected chi connectivity index (χ2v) is 7.21. The van der Waals surface area contributed by atoms with Crippen LogP contribution in [0.4, 0.5) is 0 Å². The highest BCUT2D eigenvalue weighted by Crippen LogP contribution is 2.41. The Bertz CT molecular complexity index is 613. The largest absolute Gasteiger partial charge is 0.478 e. The molecule has 19 heavy (non-hydrogen) atoms. The molecule has 104 valence electrons. The third-order valence-electron chi connectivity index (χ3n) is 3.90. The van der Waals surface area contributed by atoms with Gasteiger partial charge in [-0.2, -0.15) is 0 Å².